The molecule has 5 nitrogen and oxygen atoms in total. The first-order valence-electron chi connectivity index (χ1n) is 18.0. The van der Waals surface area contributed by atoms with E-state index in [9.17, 15) is 0 Å². The highest BCUT2D eigenvalue weighted by molar-refractivity contribution is 5.72. The molecule has 0 radical (unpaired) electrons. The normalized spacial score (nSPS) is 30.1. The highest BCUT2D eigenvalue weighted by Crippen LogP contribution is 2.61. The predicted octanol–water partition coefficient (Wildman–Crippen LogP) is 9.08. The van der Waals surface area contributed by atoms with Crippen molar-refractivity contribution in [2.45, 2.75) is 88.2 Å². The number of benzene rings is 2. The van der Waals surface area contributed by atoms with E-state index in [1.54, 1.807) is 0 Å². The second-order valence-corrected chi connectivity index (χ2v) is 14.3. The molecule has 0 aromatic heterocycles. The van der Waals surface area contributed by atoms with Gasteiger partial charge >= 0.3 is 0 Å². The maximum absolute atomic E-state index is 7.01. The average Bonchev–Trinajstić information content (AvgIpc) is 3.13. The van der Waals surface area contributed by atoms with Crippen LogP contribution in [0.25, 0.3) is 5.57 Å². The Morgan fingerprint density at radius 3 is 2.68 bits per heavy atom. The molecular formula is C42H42N2O3. The van der Waals surface area contributed by atoms with Crippen molar-refractivity contribution in [1.29, 1.82) is 0 Å². The van der Waals surface area contributed by atoms with Gasteiger partial charge in [0.15, 0.2) is 11.6 Å². The maximum Gasteiger partial charge on any atom is 0.167 e. The standard InChI is InChI=1S/C42H42N2O3/c1-2-11-27(12-3-1)28-20-22-32-39(25-28)45-35-16-7-4-13-30(35)42(32)31-14-5-8-17-36(31)46-40-26-29(21-23-33(40)42)44-34-15-6-9-18-37(34)47-38-19-10-24-43-41(38)44/h5,7-8,10-11,14,16-17,19-23,25,29-30,35,43H,1-4,6,9,12-13,15,18,24,26H2. The van der Waals surface area contributed by atoms with Gasteiger partial charge in [-0.2, -0.15) is 0 Å². The number of dihydropyridines is 1. The van der Waals surface area contributed by atoms with Gasteiger partial charge in [0, 0.05) is 42.0 Å². The van der Waals surface area contributed by atoms with Crippen molar-refractivity contribution in [3.8, 4) is 11.5 Å². The monoisotopic (exact) mass is 622 g/mol. The Labute approximate surface area is 277 Å². The summed E-state index contributed by atoms with van der Waals surface area (Å²) in [5, 5.41) is 3.67. The second kappa shape index (κ2) is 10.8. The fraction of sp³-hybridized carbons (Fsp3) is 0.381. The summed E-state index contributed by atoms with van der Waals surface area (Å²) in [6.07, 6.45) is 28.5. The molecule has 0 saturated carbocycles. The number of hydrogen-bond acceptors (Lipinski definition) is 5. The zero-order chi connectivity index (χ0) is 31.0. The van der Waals surface area contributed by atoms with Crippen LogP contribution in [0.2, 0.25) is 0 Å². The highest BCUT2D eigenvalue weighted by Gasteiger charge is 2.57. The van der Waals surface area contributed by atoms with Crippen molar-refractivity contribution < 1.29 is 14.2 Å². The van der Waals surface area contributed by atoms with Crippen molar-refractivity contribution in [1.82, 2.24) is 10.2 Å². The van der Waals surface area contributed by atoms with E-state index < -0.39 is 0 Å². The summed E-state index contributed by atoms with van der Waals surface area (Å²) in [4.78, 5) is 2.54. The Kier molecular flexibility index (Phi) is 6.39. The first kappa shape index (κ1) is 27.7. The Morgan fingerprint density at radius 2 is 1.72 bits per heavy atom. The molecule has 5 heteroatoms. The molecule has 0 bridgehead atoms. The molecule has 2 aromatic carbocycles. The quantitative estimate of drug-likeness (QED) is 0.339. The topological polar surface area (TPSA) is 43.0 Å². The molecule has 238 valence electrons. The lowest BCUT2D eigenvalue weighted by molar-refractivity contribution is 0.0927. The van der Waals surface area contributed by atoms with Crippen molar-refractivity contribution in [3.63, 3.8) is 0 Å². The van der Waals surface area contributed by atoms with E-state index in [-0.39, 0.29) is 23.5 Å². The van der Waals surface area contributed by atoms with E-state index in [1.165, 1.54) is 65.6 Å². The van der Waals surface area contributed by atoms with Crippen LogP contribution in [-0.4, -0.2) is 23.6 Å². The third-order valence-electron chi connectivity index (χ3n) is 11.8. The Hall–Kier alpha value is -4.38. The molecule has 8 aliphatic rings. The van der Waals surface area contributed by atoms with Crippen LogP contribution in [0.5, 0.6) is 11.5 Å². The third kappa shape index (κ3) is 4.14. The lowest BCUT2D eigenvalue weighted by atomic mass is 9.55. The number of ether oxygens (including phenoxy) is 3. The number of nitrogens with one attached hydrogen (secondary N) is 1. The molecule has 10 rings (SSSR count). The summed E-state index contributed by atoms with van der Waals surface area (Å²) in [7, 11) is 0. The zero-order valence-electron chi connectivity index (χ0n) is 27.0. The molecule has 1 spiro atoms. The molecule has 4 aliphatic carbocycles. The van der Waals surface area contributed by atoms with Gasteiger partial charge < -0.3 is 24.4 Å². The SMILES string of the molecule is C1=CC2Oc3cc(C4=CCCCC4)ccc3C3(C4=C(CC(N5C6=C(CCCC6)OC6=C5NCC=C6)C=C4)Oc4ccccc43)C2CC1. The van der Waals surface area contributed by atoms with Crippen LogP contribution in [0.1, 0.15) is 87.3 Å². The van der Waals surface area contributed by atoms with Crippen LogP contribution in [-0.2, 0) is 10.2 Å². The summed E-state index contributed by atoms with van der Waals surface area (Å²) in [5.74, 6) is 6.55. The summed E-state index contributed by atoms with van der Waals surface area (Å²) >= 11 is 0. The molecule has 4 aliphatic heterocycles. The van der Waals surface area contributed by atoms with Gasteiger partial charge in [-0.3, -0.25) is 0 Å². The Morgan fingerprint density at radius 1 is 0.809 bits per heavy atom. The smallest absolute Gasteiger partial charge is 0.167 e. The van der Waals surface area contributed by atoms with E-state index in [0.29, 0.717) is 0 Å². The number of rotatable bonds is 2. The summed E-state index contributed by atoms with van der Waals surface area (Å²) in [6.45, 7) is 0.810. The number of para-hydroxylation sites is 1. The number of nitrogens with zero attached hydrogens (tertiary/aromatic N) is 1. The Bertz CT molecular complexity index is 1890. The van der Waals surface area contributed by atoms with Crippen molar-refractivity contribution in [3.05, 3.63) is 136 Å². The molecule has 0 saturated heterocycles. The molecular weight excluding hydrogens is 580 g/mol. The zero-order valence-corrected chi connectivity index (χ0v) is 27.0. The van der Waals surface area contributed by atoms with E-state index in [2.05, 4.69) is 95.2 Å². The minimum atomic E-state index is -0.356. The van der Waals surface area contributed by atoms with Crippen molar-refractivity contribution in [2.24, 2.45) is 5.92 Å². The van der Waals surface area contributed by atoms with E-state index in [0.717, 1.165) is 79.7 Å². The van der Waals surface area contributed by atoms with Gasteiger partial charge in [-0.15, -0.1) is 0 Å². The molecule has 4 unspecified atom stereocenters. The van der Waals surface area contributed by atoms with Gasteiger partial charge in [-0.25, -0.2) is 0 Å². The maximum atomic E-state index is 7.01. The molecule has 0 amide bonds. The lowest BCUT2D eigenvalue weighted by Gasteiger charge is -2.54. The van der Waals surface area contributed by atoms with Gasteiger partial charge in [0.1, 0.15) is 29.1 Å². The van der Waals surface area contributed by atoms with Crippen LogP contribution in [0.3, 0.4) is 0 Å². The summed E-state index contributed by atoms with van der Waals surface area (Å²) < 4.78 is 20.5. The summed E-state index contributed by atoms with van der Waals surface area (Å²) in [5.41, 5.74) is 7.62. The van der Waals surface area contributed by atoms with Gasteiger partial charge in [-0.05, 0) is 93.2 Å². The van der Waals surface area contributed by atoms with Gasteiger partial charge in [-0.1, -0.05) is 60.7 Å². The van der Waals surface area contributed by atoms with Gasteiger partial charge in [0.05, 0.1) is 17.2 Å². The number of allylic oxidation sites excluding steroid dienone is 8. The first-order chi connectivity index (χ1) is 23.3. The fourth-order valence-electron chi connectivity index (χ4n) is 9.76. The highest BCUT2D eigenvalue weighted by atomic mass is 16.5. The lowest BCUT2D eigenvalue weighted by Crippen LogP contribution is -2.52. The van der Waals surface area contributed by atoms with E-state index >= 15 is 0 Å². The average molecular weight is 623 g/mol. The van der Waals surface area contributed by atoms with Gasteiger partial charge in [0.2, 0.25) is 0 Å². The molecule has 0 fully saturated rings. The summed E-state index contributed by atoms with van der Waals surface area (Å²) in [6, 6.07) is 16.1. The molecule has 4 atom stereocenters. The third-order valence-corrected chi connectivity index (χ3v) is 11.8. The molecule has 2 aromatic rings. The van der Waals surface area contributed by atoms with Crippen LogP contribution in [0, 0.1) is 5.92 Å². The fourth-order valence-corrected chi connectivity index (χ4v) is 9.76. The van der Waals surface area contributed by atoms with Crippen LogP contribution < -0.4 is 14.8 Å². The first-order valence-corrected chi connectivity index (χ1v) is 18.0. The Balaban J connectivity index is 1.14. The van der Waals surface area contributed by atoms with Crippen molar-refractivity contribution >= 4 is 5.57 Å². The molecule has 4 heterocycles. The van der Waals surface area contributed by atoms with Crippen LogP contribution in [0.4, 0.5) is 0 Å². The van der Waals surface area contributed by atoms with Gasteiger partial charge in [0.25, 0.3) is 0 Å². The van der Waals surface area contributed by atoms with E-state index in [1.807, 2.05) is 0 Å². The van der Waals surface area contributed by atoms with Crippen LogP contribution >= 0.6 is 0 Å². The predicted molar refractivity (Wildman–Crippen MR) is 184 cm³/mol. The van der Waals surface area contributed by atoms with Crippen LogP contribution in [0.15, 0.2) is 119 Å². The number of hydrogen-bond donors (Lipinski definition) is 1. The molecule has 47 heavy (non-hydrogen) atoms. The second-order valence-electron chi connectivity index (χ2n) is 14.3. The number of fused-ring (bicyclic) bond motifs is 7. The molecule has 1 N–H and O–H groups in total. The largest absolute Gasteiger partial charge is 0.486 e. The minimum Gasteiger partial charge on any atom is -0.486 e. The minimum absolute atomic E-state index is 0.0120. The van der Waals surface area contributed by atoms with Crippen molar-refractivity contribution in [2.75, 3.05) is 6.54 Å². The van der Waals surface area contributed by atoms with E-state index in [4.69, 9.17) is 14.2 Å².